The maximum atomic E-state index is 5.98. The van der Waals surface area contributed by atoms with Crippen molar-refractivity contribution in [2.75, 3.05) is 13.2 Å². The predicted octanol–water partition coefficient (Wildman–Crippen LogP) is 4.50. The third kappa shape index (κ3) is 2.20. The lowest BCUT2D eigenvalue weighted by Crippen LogP contribution is -2.18. The van der Waals surface area contributed by atoms with Gasteiger partial charge < -0.3 is 4.74 Å². The van der Waals surface area contributed by atoms with E-state index in [4.69, 9.17) is 4.74 Å². The highest BCUT2D eigenvalue weighted by atomic mass is 16.5. The molecule has 104 valence electrons. The summed E-state index contributed by atoms with van der Waals surface area (Å²) in [5.74, 6) is 1.80. The van der Waals surface area contributed by atoms with E-state index in [1.807, 2.05) is 0 Å². The molecule has 0 amide bonds. The lowest BCUT2D eigenvalue weighted by atomic mass is 9.84. The van der Waals surface area contributed by atoms with Crippen molar-refractivity contribution in [2.24, 2.45) is 22.7 Å². The molecule has 4 aliphatic rings. The summed E-state index contributed by atoms with van der Waals surface area (Å²) >= 11 is 0. The second-order valence-electron chi connectivity index (χ2n) is 7.56. The summed E-state index contributed by atoms with van der Waals surface area (Å²) in [5, 5.41) is 0. The zero-order valence-electron chi connectivity index (χ0n) is 11.9. The van der Waals surface area contributed by atoms with E-state index in [2.05, 4.69) is 24.3 Å². The summed E-state index contributed by atoms with van der Waals surface area (Å²) < 4.78 is 5.98. The topological polar surface area (TPSA) is 9.23 Å². The number of allylic oxidation sites excluding steroid dienone is 4. The first kappa shape index (κ1) is 12.2. The maximum Gasteiger partial charge on any atom is 0.0474 e. The second-order valence-corrected chi connectivity index (χ2v) is 7.56. The summed E-state index contributed by atoms with van der Waals surface area (Å²) in [6.07, 6.45) is 20.9. The Morgan fingerprint density at radius 1 is 0.842 bits per heavy atom. The van der Waals surface area contributed by atoms with Crippen LogP contribution in [0.5, 0.6) is 0 Å². The summed E-state index contributed by atoms with van der Waals surface area (Å²) in [7, 11) is 0. The van der Waals surface area contributed by atoms with E-state index in [1.165, 1.54) is 51.4 Å². The highest BCUT2D eigenvalue weighted by molar-refractivity contribution is 5.16. The van der Waals surface area contributed by atoms with E-state index in [0.29, 0.717) is 10.8 Å². The molecular formula is C18H26O. The number of rotatable bonds is 6. The van der Waals surface area contributed by atoms with Gasteiger partial charge >= 0.3 is 0 Å². The molecular weight excluding hydrogens is 232 g/mol. The van der Waals surface area contributed by atoms with Gasteiger partial charge in [-0.05, 0) is 74.0 Å². The Kier molecular flexibility index (Phi) is 2.88. The SMILES string of the molecule is C1=CC2(CCOCCC34C=CC(CC3)C4)CCC1C2. The molecule has 0 radical (unpaired) electrons. The molecule has 0 aromatic heterocycles. The molecule has 1 nitrogen and oxygen atoms in total. The van der Waals surface area contributed by atoms with Crippen molar-refractivity contribution in [3.05, 3.63) is 24.3 Å². The molecule has 4 rings (SSSR count). The first-order chi connectivity index (χ1) is 9.28. The van der Waals surface area contributed by atoms with E-state index in [1.54, 1.807) is 0 Å². The normalized spacial score (nSPS) is 45.7. The molecule has 4 unspecified atom stereocenters. The van der Waals surface area contributed by atoms with Crippen LogP contribution in [-0.4, -0.2) is 13.2 Å². The third-order valence-electron chi connectivity index (χ3n) is 6.30. The number of hydrogen-bond acceptors (Lipinski definition) is 1. The smallest absolute Gasteiger partial charge is 0.0474 e. The van der Waals surface area contributed by atoms with Gasteiger partial charge in [0.1, 0.15) is 0 Å². The molecule has 0 aromatic rings. The van der Waals surface area contributed by atoms with Crippen LogP contribution in [0.4, 0.5) is 0 Å². The lowest BCUT2D eigenvalue weighted by Gasteiger charge is -2.25. The van der Waals surface area contributed by atoms with Crippen molar-refractivity contribution in [1.82, 2.24) is 0 Å². The molecule has 0 aromatic carbocycles. The number of hydrogen-bond donors (Lipinski definition) is 0. The van der Waals surface area contributed by atoms with Crippen molar-refractivity contribution in [1.29, 1.82) is 0 Å². The highest BCUT2D eigenvalue weighted by Gasteiger charge is 2.41. The zero-order chi connectivity index (χ0) is 12.8. The van der Waals surface area contributed by atoms with Crippen LogP contribution in [0.25, 0.3) is 0 Å². The van der Waals surface area contributed by atoms with Gasteiger partial charge in [-0.1, -0.05) is 24.3 Å². The van der Waals surface area contributed by atoms with Crippen molar-refractivity contribution in [3.63, 3.8) is 0 Å². The molecule has 4 bridgehead atoms. The van der Waals surface area contributed by atoms with Crippen LogP contribution in [0.2, 0.25) is 0 Å². The molecule has 0 N–H and O–H groups in total. The maximum absolute atomic E-state index is 5.98. The van der Waals surface area contributed by atoms with Crippen LogP contribution in [0.1, 0.15) is 51.4 Å². The van der Waals surface area contributed by atoms with Gasteiger partial charge in [-0.15, -0.1) is 0 Å². The van der Waals surface area contributed by atoms with E-state index >= 15 is 0 Å². The summed E-state index contributed by atoms with van der Waals surface area (Å²) in [5.41, 5.74) is 1.07. The van der Waals surface area contributed by atoms with Crippen LogP contribution in [0.3, 0.4) is 0 Å². The van der Waals surface area contributed by atoms with Crippen LogP contribution in [-0.2, 0) is 4.74 Å². The standard InChI is InChI=1S/C18H26O/c1-5-17(6-2-15(1)13-17)9-11-19-12-10-18-7-3-16(14-18)4-8-18/h1,3,5,7,15-16H,2,4,6,8-14H2. The molecule has 2 fully saturated rings. The van der Waals surface area contributed by atoms with Gasteiger partial charge in [0.2, 0.25) is 0 Å². The largest absolute Gasteiger partial charge is 0.381 e. The van der Waals surface area contributed by atoms with Crippen LogP contribution < -0.4 is 0 Å². The van der Waals surface area contributed by atoms with Gasteiger partial charge in [0, 0.05) is 13.2 Å². The van der Waals surface area contributed by atoms with Crippen molar-refractivity contribution in [3.8, 4) is 0 Å². The Balaban J connectivity index is 1.18. The summed E-state index contributed by atoms with van der Waals surface area (Å²) in [6, 6.07) is 0. The molecule has 1 heteroatoms. The first-order valence-electron chi connectivity index (χ1n) is 8.24. The molecule has 0 saturated heterocycles. The molecule has 4 aliphatic carbocycles. The lowest BCUT2D eigenvalue weighted by molar-refractivity contribution is 0.0884. The zero-order valence-corrected chi connectivity index (χ0v) is 11.9. The van der Waals surface area contributed by atoms with Crippen molar-refractivity contribution < 1.29 is 4.74 Å². The van der Waals surface area contributed by atoms with E-state index in [-0.39, 0.29) is 0 Å². The molecule has 0 spiro atoms. The number of ether oxygens (including phenoxy) is 1. The Hall–Kier alpha value is -0.560. The van der Waals surface area contributed by atoms with Crippen LogP contribution in [0, 0.1) is 22.7 Å². The first-order valence-corrected chi connectivity index (χ1v) is 8.24. The Morgan fingerprint density at radius 2 is 1.37 bits per heavy atom. The summed E-state index contributed by atoms with van der Waals surface area (Å²) in [6.45, 7) is 1.95. The Bertz CT molecular complexity index is 372. The fourth-order valence-corrected chi connectivity index (χ4v) is 4.98. The third-order valence-corrected chi connectivity index (χ3v) is 6.30. The van der Waals surface area contributed by atoms with Crippen molar-refractivity contribution in [2.45, 2.75) is 51.4 Å². The van der Waals surface area contributed by atoms with Gasteiger partial charge in [-0.2, -0.15) is 0 Å². The van der Waals surface area contributed by atoms with Gasteiger partial charge in [0.05, 0.1) is 0 Å². The molecule has 0 aliphatic heterocycles. The Morgan fingerprint density at radius 3 is 1.68 bits per heavy atom. The fraction of sp³-hybridized carbons (Fsp3) is 0.778. The van der Waals surface area contributed by atoms with Gasteiger partial charge in [0.15, 0.2) is 0 Å². The molecule has 0 heterocycles. The van der Waals surface area contributed by atoms with E-state index in [9.17, 15) is 0 Å². The van der Waals surface area contributed by atoms with Crippen LogP contribution in [0.15, 0.2) is 24.3 Å². The van der Waals surface area contributed by atoms with Gasteiger partial charge in [0.25, 0.3) is 0 Å². The average molecular weight is 258 g/mol. The van der Waals surface area contributed by atoms with Gasteiger partial charge in [-0.25, -0.2) is 0 Å². The van der Waals surface area contributed by atoms with E-state index in [0.717, 1.165) is 25.0 Å². The molecule has 2 saturated carbocycles. The van der Waals surface area contributed by atoms with Crippen LogP contribution >= 0.6 is 0 Å². The monoisotopic (exact) mass is 258 g/mol. The van der Waals surface area contributed by atoms with Gasteiger partial charge in [-0.3, -0.25) is 0 Å². The summed E-state index contributed by atoms with van der Waals surface area (Å²) in [4.78, 5) is 0. The Labute approximate surface area is 117 Å². The van der Waals surface area contributed by atoms with Crippen molar-refractivity contribution >= 4 is 0 Å². The minimum Gasteiger partial charge on any atom is -0.381 e. The minimum atomic E-state index is 0.536. The molecule has 4 atom stereocenters. The quantitative estimate of drug-likeness (QED) is 0.503. The predicted molar refractivity (Wildman–Crippen MR) is 77.9 cm³/mol. The fourth-order valence-electron chi connectivity index (χ4n) is 4.98. The second kappa shape index (κ2) is 4.48. The van der Waals surface area contributed by atoms with E-state index < -0.39 is 0 Å². The number of fused-ring (bicyclic) bond motifs is 4. The molecule has 19 heavy (non-hydrogen) atoms. The highest BCUT2D eigenvalue weighted by Crippen LogP contribution is 2.52. The minimum absolute atomic E-state index is 0.536. The average Bonchev–Trinajstić information content (AvgIpc) is 3.18.